The Morgan fingerprint density at radius 3 is 2.89 bits per heavy atom. The normalized spacial score (nSPS) is 25.7. The van der Waals surface area contributed by atoms with Crippen LogP contribution in [0.2, 0.25) is 0 Å². The van der Waals surface area contributed by atoms with Gasteiger partial charge in [-0.2, -0.15) is 8.42 Å². The Bertz CT molecular complexity index is 867. The van der Waals surface area contributed by atoms with Crippen LogP contribution in [0.25, 0.3) is 0 Å². The van der Waals surface area contributed by atoms with Gasteiger partial charge in [0.1, 0.15) is 10.7 Å². The lowest BCUT2D eigenvalue weighted by atomic mass is 10.1. The number of carbonyl (C=O) groups excluding carboxylic acids is 1. The van der Waals surface area contributed by atoms with Crippen molar-refractivity contribution in [3.05, 3.63) is 29.8 Å². The number of hydrogen-bond donors (Lipinski definition) is 1. The molecule has 0 aliphatic carbocycles. The second-order valence-electron chi connectivity index (χ2n) is 7.68. The molecule has 0 saturated carbocycles. The molecule has 8 heteroatoms. The van der Waals surface area contributed by atoms with Gasteiger partial charge in [0.2, 0.25) is 5.91 Å². The highest BCUT2D eigenvalue weighted by Gasteiger charge is 2.32. The second-order valence-corrected chi connectivity index (χ2v) is 9.25. The van der Waals surface area contributed by atoms with Crippen LogP contribution in [0.15, 0.2) is 33.6 Å². The minimum Gasteiger partial charge on any atom is -0.358 e. The smallest absolute Gasteiger partial charge is 0.285 e. The third-order valence-corrected chi connectivity index (χ3v) is 7.06. The van der Waals surface area contributed by atoms with Crippen molar-refractivity contribution in [3.63, 3.8) is 0 Å². The Hall–Kier alpha value is -1.93. The highest BCUT2D eigenvalue weighted by atomic mass is 32.2. The molecule has 2 fully saturated rings. The second kappa shape index (κ2) is 7.24. The van der Waals surface area contributed by atoms with E-state index in [1.54, 1.807) is 18.2 Å². The molecule has 27 heavy (non-hydrogen) atoms. The van der Waals surface area contributed by atoms with E-state index in [9.17, 15) is 13.2 Å². The number of amides is 1. The highest BCUT2D eigenvalue weighted by molar-refractivity contribution is 7.90. The van der Waals surface area contributed by atoms with Crippen molar-refractivity contribution >= 4 is 21.8 Å². The van der Waals surface area contributed by atoms with Gasteiger partial charge in [0.25, 0.3) is 10.0 Å². The van der Waals surface area contributed by atoms with Crippen LogP contribution in [0.5, 0.6) is 0 Å². The average Bonchev–Trinajstić information content (AvgIpc) is 3.11. The van der Waals surface area contributed by atoms with Gasteiger partial charge in [-0.15, -0.1) is 4.40 Å². The summed E-state index contributed by atoms with van der Waals surface area (Å²) in [6, 6.07) is 7.89. The lowest BCUT2D eigenvalue weighted by Gasteiger charge is -2.25. The van der Waals surface area contributed by atoms with Gasteiger partial charge in [-0.05, 0) is 37.8 Å². The van der Waals surface area contributed by atoms with Crippen LogP contribution in [0.4, 0.5) is 0 Å². The fraction of sp³-hybridized carbons (Fsp3) is 0.579. The Balaban J connectivity index is 1.32. The van der Waals surface area contributed by atoms with Crippen molar-refractivity contribution in [2.45, 2.75) is 49.1 Å². The molecular formula is C19H26N4O3S. The van der Waals surface area contributed by atoms with Crippen LogP contribution >= 0.6 is 0 Å². The van der Waals surface area contributed by atoms with Crippen LogP contribution in [-0.2, 0) is 14.8 Å². The van der Waals surface area contributed by atoms with Crippen molar-refractivity contribution in [2.75, 3.05) is 26.7 Å². The Morgan fingerprint density at radius 1 is 1.26 bits per heavy atom. The number of amidine groups is 1. The summed E-state index contributed by atoms with van der Waals surface area (Å²) in [4.78, 5) is 16.7. The zero-order valence-electron chi connectivity index (χ0n) is 15.6. The maximum atomic E-state index is 12.6. The number of benzene rings is 1. The van der Waals surface area contributed by atoms with E-state index in [4.69, 9.17) is 0 Å². The zero-order chi connectivity index (χ0) is 19.0. The molecule has 146 valence electrons. The third-order valence-electron chi connectivity index (χ3n) is 5.73. The summed E-state index contributed by atoms with van der Waals surface area (Å²) in [5.41, 5.74) is 0.640. The van der Waals surface area contributed by atoms with E-state index in [-0.39, 0.29) is 10.8 Å². The molecule has 1 aromatic carbocycles. The molecule has 0 radical (unpaired) electrons. The van der Waals surface area contributed by atoms with E-state index < -0.39 is 10.0 Å². The quantitative estimate of drug-likeness (QED) is 0.835. The molecule has 0 aromatic heterocycles. The molecule has 1 amide bonds. The summed E-state index contributed by atoms with van der Waals surface area (Å²) in [5, 5.41) is 3.59. The minimum atomic E-state index is -3.60. The van der Waals surface area contributed by atoms with Gasteiger partial charge in [0, 0.05) is 50.7 Å². The van der Waals surface area contributed by atoms with Crippen molar-refractivity contribution < 1.29 is 13.2 Å². The Kier molecular flexibility index (Phi) is 4.94. The van der Waals surface area contributed by atoms with Gasteiger partial charge in [0.05, 0.1) is 0 Å². The third kappa shape index (κ3) is 3.73. The molecule has 2 saturated heterocycles. The van der Waals surface area contributed by atoms with Crippen molar-refractivity contribution in [1.29, 1.82) is 0 Å². The SMILES string of the molecule is CN(CCCC(=O)N1CCC2CCC(C1)N2)C1=NS(=O)(=O)c2ccccc21. The standard InChI is InChI=1S/C19H26N4O3S/c1-22(19-16-5-2-3-6-17(16)27(25,26)21-19)11-4-7-18(24)23-12-10-14-8-9-15(13-23)20-14/h2-3,5-6,14-15,20H,4,7-13H2,1H3. The van der Waals surface area contributed by atoms with E-state index >= 15 is 0 Å². The van der Waals surface area contributed by atoms with Crippen molar-refractivity contribution in [1.82, 2.24) is 15.1 Å². The first-order valence-electron chi connectivity index (χ1n) is 9.63. The highest BCUT2D eigenvalue weighted by Crippen LogP contribution is 2.27. The summed E-state index contributed by atoms with van der Waals surface area (Å²) in [6.07, 6.45) is 4.57. The number of rotatable bonds is 4. The van der Waals surface area contributed by atoms with Crippen LogP contribution in [0.3, 0.4) is 0 Å². The predicted octanol–water partition coefficient (Wildman–Crippen LogP) is 1.20. The predicted molar refractivity (Wildman–Crippen MR) is 103 cm³/mol. The Labute approximate surface area is 160 Å². The molecule has 3 aliphatic heterocycles. The molecule has 3 heterocycles. The average molecular weight is 391 g/mol. The molecule has 4 rings (SSSR count). The zero-order valence-corrected chi connectivity index (χ0v) is 16.4. The molecule has 2 bridgehead atoms. The molecule has 2 atom stereocenters. The van der Waals surface area contributed by atoms with Gasteiger partial charge < -0.3 is 15.1 Å². The number of nitrogens with one attached hydrogen (secondary N) is 1. The number of likely N-dealkylation sites (tertiary alicyclic amines) is 1. The van der Waals surface area contributed by atoms with E-state index in [0.29, 0.717) is 42.9 Å². The summed E-state index contributed by atoms with van der Waals surface area (Å²) in [6.45, 7) is 2.23. The molecule has 2 unspecified atom stereocenters. The fourth-order valence-corrected chi connectivity index (χ4v) is 5.52. The summed E-state index contributed by atoms with van der Waals surface area (Å²) >= 11 is 0. The molecule has 7 nitrogen and oxygen atoms in total. The number of hydrogen-bond acceptors (Lipinski definition) is 5. The van der Waals surface area contributed by atoms with Gasteiger partial charge in [-0.25, -0.2) is 0 Å². The lowest BCUT2D eigenvalue weighted by molar-refractivity contribution is -0.131. The number of fused-ring (bicyclic) bond motifs is 3. The molecule has 1 N–H and O–H groups in total. The molecule has 1 aromatic rings. The van der Waals surface area contributed by atoms with Gasteiger partial charge >= 0.3 is 0 Å². The number of sulfonamides is 1. The van der Waals surface area contributed by atoms with Gasteiger partial charge in [-0.3, -0.25) is 4.79 Å². The van der Waals surface area contributed by atoms with E-state index in [2.05, 4.69) is 9.71 Å². The molecule has 0 spiro atoms. The van der Waals surface area contributed by atoms with Crippen LogP contribution in [0.1, 0.15) is 37.7 Å². The van der Waals surface area contributed by atoms with Crippen molar-refractivity contribution in [2.24, 2.45) is 4.40 Å². The lowest BCUT2D eigenvalue weighted by Crippen LogP contribution is -2.39. The van der Waals surface area contributed by atoms with E-state index in [0.717, 1.165) is 25.9 Å². The first kappa shape index (κ1) is 18.4. The largest absolute Gasteiger partial charge is 0.358 e. The first-order chi connectivity index (χ1) is 12.9. The molecular weight excluding hydrogens is 364 g/mol. The monoisotopic (exact) mass is 390 g/mol. The van der Waals surface area contributed by atoms with Gasteiger partial charge in [-0.1, -0.05) is 12.1 Å². The summed E-state index contributed by atoms with van der Waals surface area (Å²) in [5.74, 6) is 0.661. The van der Waals surface area contributed by atoms with Crippen LogP contribution in [-0.4, -0.2) is 68.7 Å². The van der Waals surface area contributed by atoms with E-state index in [1.807, 2.05) is 22.9 Å². The van der Waals surface area contributed by atoms with E-state index in [1.165, 1.54) is 6.42 Å². The Morgan fingerprint density at radius 2 is 2.04 bits per heavy atom. The summed E-state index contributed by atoms with van der Waals surface area (Å²) in [7, 11) is -1.77. The maximum Gasteiger partial charge on any atom is 0.285 e. The molecule has 3 aliphatic rings. The number of nitrogens with zero attached hydrogens (tertiary/aromatic N) is 3. The maximum absolute atomic E-state index is 12.6. The van der Waals surface area contributed by atoms with Gasteiger partial charge in [0.15, 0.2) is 0 Å². The van der Waals surface area contributed by atoms with Crippen molar-refractivity contribution in [3.8, 4) is 0 Å². The number of carbonyl (C=O) groups is 1. The van der Waals surface area contributed by atoms with Crippen LogP contribution < -0.4 is 5.32 Å². The topological polar surface area (TPSA) is 82.1 Å². The minimum absolute atomic E-state index is 0.194. The first-order valence-corrected chi connectivity index (χ1v) is 11.1. The fourth-order valence-electron chi connectivity index (χ4n) is 4.26. The summed E-state index contributed by atoms with van der Waals surface area (Å²) < 4.78 is 28.3. The van der Waals surface area contributed by atoms with Crippen LogP contribution in [0, 0.1) is 0 Å².